The van der Waals surface area contributed by atoms with E-state index in [2.05, 4.69) is 10.6 Å². The molecule has 148 valence electrons. The minimum absolute atomic E-state index is 0.265. The maximum Gasteiger partial charge on any atom is 0.242 e. The summed E-state index contributed by atoms with van der Waals surface area (Å²) in [5.74, 6) is 0.876. The van der Waals surface area contributed by atoms with E-state index in [1.807, 2.05) is 25.1 Å². The maximum atomic E-state index is 13.0. The maximum absolute atomic E-state index is 13.0. The highest BCUT2D eigenvalue weighted by atomic mass is 32.2. The Morgan fingerprint density at radius 1 is 1.33 bits per heavy atom. The van der Waals surface area contributed by atoms with Crippen molar-refractivity contribution >= 4 is 26.7 Å². The fourth-order valence-corrected chi connectivity index (χ4v) is 5.09. The molecule has 3 rings (SSSR count). The molecule has 1 aliphatic rings. The Labute approximate surface area is 159 Å². The number of aryl methyl sites for hydroxylation is 1. The molecular weight excluding hydrogens is 368 g/mol. The molecule has 2 N–H and O–H groups in total. The molecule has 1 fully saturated rings. The fourth-order valence-electron chi connectivity index (χ4n) is 3.75. The lowest BCUT2D eigenvalue weighted by atomic mass is 9.95. The Hall–Kier alpha value is -2.06. The van der Waals surface area contributed by atoms with Gasteiger partial charge in [-0.1, -0.05) is 0 Å². The zero-order valence-corrected chi connectivity index (χ0v) is 16.9. The zero-order chi connectivity index (χ0) is 19.8. The van der Waals surface area contributed by atoms with Crippen molar-refractivity contribution in [3.05, 3.63) is 29.5 Å². The van der Waals surface area contributed by atoms with Crippen LogP contribution in [0.4, 0.5) is 0 Å². The summed E-state index contributed by atoms with van der Waals surface area (Å²) in [4.78, 5) is 13.0. The summed E-state index contributed by atoms with van der Waals surface area (Å²) in [5, 5.41) is 6.89. The molecule has 2 aromatic rings. The summed E-state index contributed by atoms with van der Waals surface area (Å²) in [6.45, 7) is 4.72. The summed E-state index contributed by atoms with van der Waals surface area (Å²) in [6.07, 6.45) is 1.67. The third-order valence-electron chi connectivity index (χ3n) is 5.46. The van der Waals surface area contributed by atoms with Crippen LogP contribution in [0.25, 0.3) is 11.0 Å². The highest BCUT2D eigenvalue weighted by Crippen LogP contribution is 2.33. The lowest BCUT2D eigenvalue weighted by Crippen LogP contribution is -2.57. The summed E-state index contributed by atoms with van der Waals surface area (Å²) < 4.78 is 34.6. The number of furan rings is 1. The molecule has 1 aromatic heterocycles. The Kier molecular flexibility index (Phi) is 5.22. The van der Waals surface area contributed by atoms with Crippen LogP contribution < -0.4 is 15.4 Å². The summed E-state index contributed by atoms with van der Waals surface area (Å²) in [7, 11) is -1.96. The molecule has 0 aliphatic carbocycles. The average Bonchev–Trinajstić information content (AvgIpc) is 2.97. The van der Waals surface area contributed by atoms with E-state index in [1.165, 1.54) is 0 Å². The highest BCUT2D eigenvalue weighted by Gasteiger charge is 2.49. The third kappa shape index (κ3) is 3.43. The van der Waals surface area contributed by atoms with Gasteiger partial charge >= 0.3 is 0 Å². The van der Waals surface area contributed by atoms with E-state index >= 15 is 0 Å². The molecule has 8 heteroatoms. The largest absolute Gasteiger partial charge is 0.497 e. The van der Waals surface area contributed by atoms with Gasteiger partial charge in [0.05, 0.1) is 13.2 Å². The average molecular weight is 394 g/mol. The quantitative estimate of drug-likeness (QED) is 0.806. The molecule has 2 heterocycles. The van der Waals surface area contributed by atoms with Crippen LogP contribution in [-0.2, 0) is 14.6 Å². The summed E-state index contributed by atoms with van der Waals surface area (Å²) in [6, 6.07) is 5.07. The minimum atomic E-state index is -3.56. The normalized spacial score (nSPS) is 18.2. The van der Waals surface area contributed by atoms with E-state index in [-0.39, 0.29) is 12.8 Å². The van der Waals surface area contributed by atoms with Gasteiger partial charge in [0.1, 0.15) is 17.1 Å². The van der Waals surface area contributed by atoms with Gasteiger partial charge in [0, 0.05) is 17.2 Å². The van der Waals surface area contributed by atoms with E-state index < -0.39 is 26.5 Å². The first-order chi connectivity index (χ1) is 12.7. The van der Waals surface area contributed by atoms with Crippen LogP contribution in [0, 0.1) is 6.92 Å². The Bertz CT molecular complexity index is 958. The van der Waals surface area contributed by atoms with Crippen LogP contribution >= 0.6 is 0 Å². The molecule has 0 radical (unpaired) electrons. The van der Waals surface area contributed by atoms with Crippen molar-refractivity contribution in [1.29, 1.82) is 0 Å². The minimum Gasteiger partial charge on any atom is -0.497 e. The Morgan fingerprint density at radius 3 is 2.59 bits per heavy atom. The van der Waals surface area contributed by atoms with E-state index in [1.54, 1.807) is 14.0 Å². The van der Waals surface area contributed by atoms with Crippen molar-refractivity contribution in [3.8, 4) is 5.75 Å². The standard InChI is InChI=1S/C19H26N2O5S/c1-12-15-11-14(25-3)5-6-16(15)26-17(12)13(2)21-18(22)19(27(4,23)24)7-9-20-10-8-19/h5-6,11,13,20H,7-10H2,1-4H3,(H,21,22). The molecule has 1 unspecified atom stereocenters. The third-order valence-corrected chi connectivity index (χ3v) is 7.47. The number of carbonyl (C=O) groups is 1. The van der Waals surface area contributed by atoms with Gasteiger partial charge < -0.3 is 19.8 Å². The van der Waals surface area contributed by atoms with Gasteiger partial charge in [-0.05, 0) is 58.0 Å². The van der Waals surface area contributed by atoms with Crippen LogP contribution in [0.2, 0.25) is 0 Å². The number of methoxy groups -OCH3 is 1. The van der Waals surface area contributed by atoms with Gasteiger partial charge in [-0.25, -0.2) is 8.42 Å². The predicted octanol–water partition coefficient (Wildman–Crippen LogP) is 2.09. The Balaban J connectivity index is 1.90. The number of fused-ring (bicyclic) bond motifs is 1. The SMILES string of the molecule is COc1ccc2oc(C(C)NC(=O)C3(S(C)(=O)=O)CCNCC3)c(C)c2c1. The number of ether oxygens (including phenoxy) is 1. The molecule has 0 spiro atoms. The second kappa shape index (κ2) is 7.16. The number of amides is 1. The van der Waals surface area contributed by atoms with E-state index in [0.29, 0.717) is 24.4 Å². The van der Waals surface area contributed by atoms with Crippen LogP contribution in [0.3, 0.4) is 0 Å². The summed E-state index contributed by atoms with van der Waals surface area (Å²) >= 11 is 0. The molecule has 1 amide bonds. The van der Waals surface area contributed by atoms with Gasteiger partial charge in [0.25, 0.3) is 0 Å². The highest BCUT2D eigenvalue weighted by molar-refractivity contribution is 7.92. The lowest BCUT2D eigenvalue weighted by molar-refractivity contribution is -0.125. The second-order valence-corrected chi connectivity index (χ2v) is 9.49. The summed E-state index contributed by atoms with van der Waals surface area (Å²) in [5.41, 5.74) is 1.60. The zero-order valence-electron chi connectivity index (χ0n) is 16.1. The van der Waals surface area contributed by atoms with Gasteiger partial charge in [0.2, 0.25) is 5.91 Å². The number of hydrogen-bond acceptors (Lipinski definition) is 6. The predicted molar refractivity (Wildman–Crippen MR) is 104 cm³/mol. The van der Waals surface area contributed by atoms with E-state index in [9.17, 15) is 13.2 Å². The number of piperidine rings is 1. The molecule has 0 saturated carbocycles. The smallest absolute Gasteiger partial charge is 0.242 e. The molecule has 1 saturated heterocycles. The van der Waals surface area contributed by atoms with Crippen molar-refractivity contribution < 1.29 is 22.4 Å². The van der Waals surface area contributed by atoms with Gasteiger partial charge in [-0.15, -0.1) is 0 Å². The number of hydrogen-bond donors (Lipinski definition) is 2. The number of sulfone groups is 1. The van der Waals surface area contributed by atoms with Crippen molar-refractivity contribution in [2.24, 2.45) is 0 Å². The molecule has 1 atom stereocenters. The topological polar surface area (TPSA) is 97.6 Å². The monoisotopic (exact) mass is 394 g/mol. The molecule has 27 heavy (non-hydrogen) atoms. The van der Waals surface area contributed by atoms with Gasteiger partial charge in [-0.3, -0.25) is 4.79 Å². The second-order valence-electron chi connectivity index (χ2n) is 7.17. The lowest BCUT2D eigenvalue weighted by Gasteiger charge is -2.35. The van der Waals surface area contributed by atoms with E-state index in [0.717, 1.165) is 23.0 Å². The van der Waals surface area contributed by atoms with E-state index in [4.69, 9.17) is 9.15 Å². The molecule has 1 aliphatic heterocycles. The molecular formula is C19H26N2O5S. The van der Waals surface area contributed by atoms with Crippen molar-refractivity contribution in [3.63, 3.8) is 0 Å². The number of carbonyl (C=O) groups excluding carboxylic acids is 1. The Morgan fingerprint density at radius 2 is 2.00 bits per heavy atom. The van der Waals surface area contributed by atoms with Crippen LogP contribution in [-0.4, -0.2) is 45.5 Å². The molecule has 7 nitrogen and oxygen atoms in total. The first kappa shape index (κ1) is 19.7. The van der Waals surface area contributed by atoms with Crippen molar-refractivity contribution in [2.75, 3.05) is 26.5 Å². The fraction of sp³-hybridized carbons (Fsp3) is 0.526. The number of rotatable bonds is 5. The first-order valence-electron chi connectivity index (χ1n) is 8.98. The van der Waals surface area contributed by atoms with Crippen LogP contribution in [0.5, 0.6) is 5.75 Å². The number of benzene rings is 1. The van der Waals surface area contributed by atoms with Gasteiger partial charge in [0.15, 0.2) is 14.6 Å². The van der Waals surface area contributed by atoms with Crippen molar-refractivity contribution in [1.82, 2.24) is 10.6 Å². The first-order valence-corrected chi connectivity index (χ1v) is 10.9. The van der Waals surface area contributed by atoms with Gasteiger partial charge in [-0.2, -0.15) is 0 Å². The number of nitrogens with one attached hydrogen (secondary N) is 2. The van der Waals surface area contributed by atoms with Crippen molar-refractivity contribution in [2.45, 2.75) is 37.5 Å². The molecule has 0 bridgehead atoms. The molecule has 1 aromatic carbocycles. The van der Waals surface area contributed by atoms with Crippen LogP contribution in [0.1, 0.15) is 37.1 Å². The van der Waals surface area contributed by atoms with Crippen LogP contribution in [0.15, 0.2) is 22.6 Å².